The molecule has 0 unspecified atom stereocenters. The largest absolute Gasteiger partial charge is 0.444 e. The van der Waals surface area contributed by atoms with Crippen LogP contribution in [0.25, 0.3) is 0 Å². The summed E-state index contributed by atoms with van der Waals surface area (Å²) < 4.78 is 5.74. The number of nitrogens with zero attached hydrogens (tertiary/aromatic N) is 1. The molecule has 0 saturated heterocycles. The van der Waals surface area contributed by atoms with E-state index in [4.69, 9.17) is 4.74 Å². The van der Waals surface area contributed by atoms with E-state index >= 15 is 0 Å². The number of nitrogens with one attached hydrogen (secondary N) is 1. The van der Waals surface area contributed by atoms with E-state index in [2.05, 4.69) is 19.2 Å². The van der Waals surface area contributed by atoms with Crippen molar-refractivity contribution < 1.29 is 14.6 Å². The molecule has 0 bridgehead atoms. The SMILES string of the molecule is CC(C)CNC[C@H](O)[C@H](Cc1ccccc1)N(Cc1ccccc1)C(=O)OC(C)(C)C. The molecular weight excluding hydrogens is 388 g/mol. The second kappa shape index (κ2) is 11.9. The molecule has 0 aliphatic heterocycles. The summed E-state index contributed by atoms with van der Waals surface area (Å²) in [7, 11) is 0. The van der Waals surface area contributed by atoms with E-state index in [-0.39, 0.29) is 0 Å². The zero-order valence-electron chi connectivity index (χ0n) is 19.5. The second-order valence-corrected chi connectivity index (χ2v) is 9.47. The maximum atomic E-state index is 13.3. The maximum absolute atomic E-state index is 13.3. The summed E-state index contributed by atoms with van der Waals surface area (Å²) in [5.41, 5.74) is 1.44. The maximum Gasteiger partial charge on any atom is 0.410 e. The Bertz CT molecular complexity index is 772. The lowest BCUT2D eigenvalue weighted by Gasteiger charge is -2.36. The van der Waals surface area contributed by atoms with Crippen LogP contribution in [0.1, 0.15) is 45.7 Å². The van der Waals surface area contributed by atoms with Gasteiger partial charge in [-0.3, -0.25) is 4.90 Å². The number of carbonyl (C=O) groups is 1. The lowest BCUT2D eigenvalue weighted by Crippen LogP contribution is -2.52. The predicted octanol–water partition coefficient (Wildman–Crippen LogP) is 4.64. The van der Waals surface area contributed by atoms with Crippen molar-refractivity contribution in [2.24, 2.45) is 5.92 Å². The van der Waals surface area contributed by atoms with Crippen molar-refractivity contribution in [1.82, 2.24) is 10.2 Å². The smallest absolute Gasteiger partial charge is 0.410 e. The van der Waals surface area contributed by atoms with Crippen LogP contribution in [0.2, 0.25) is 0 Å². The molecule has 2 aromatic rings. The molecule has 2 atom stereocenters. The molecule has 0 saturated carbocycles. The van der Waals surface area contributed by atoms with Gasteiger partial charge in [0.1, 0.15) is 5.60 Å². The van der Waals surface area contributed by atoms with Crippen LogP contribution < -0.4 is 5.32 Å². The van der Waals surface area contributed by atoms with Crippen molar-refractivity contribution in [3.8, 4) is 0 Å². The first-order chi connectivity index (χ1) is 14.7. The van der Waals surface area contributed by atoms with Gasteiger partial charge in [0.25, 0.3) is 0 Å². The Morgan fingerprint density at radius 1 is 0.968 bits per heavy atom. The van der Waals surface area contributed by atoms with Gasteiger partial charge >= 0.3 is 6.09 Å². The lowest BCUT2D eigenvalue weighted by atomic mass is 9.98. The molecule has 0 aliphatic rings. The highest BCUT2D eigenvalue weighted by Gasteiger charge is 2.33. The minimum Gasteiger partial charge on any atom is -0.444 e. The van der Waals surface area contributed by atoms with Gasteiger partial charge < -0.3 is 15.2 Å². The summed E-state index contributed by atoms with van der Waals surface area (Å²) >= 11 is 0. The van der Waals surface area contributed by atoms with Crippen LogP contribution in [0, 0.1) is 5.92 Å². The van der Waals surface area contributed by atoms with E-state index in [9.17, 15) is 9.90 Å². The minimum atomic E-state index is -0.741. The molecule has 0 radical (unpaired) electrons. The third kappa shape index (κ3) is 9.11. The molecule has 0 heterocycles. The van der Waals surface area contributed by atoms with Gasteiger partial charge in [0.15, 0.2) is 0 Å². The highest BCUT2D eigenvalue weighted by Crippen LogP contribution is 2.20. The number of ether oxygens (including phenoxy) is 1. The van der Waals surface area contributed by atoms with E-state index in [0.29, 0.717) is 25.4 Å². The molecule has 0 spiro atoms. The number of hydrogen-bond donors (Lipinski definition) is 2. The van der Waals surface area contributed by atoms with Gasteiger partial charge in [-0.25, -0.2) is 4.79 Å². The van der Waals surface area contributed by atoms with E-state index in [1.165, 1.54) is 0 Å². The Morgan fingerprint density at radius 3 is 2.03 bits per heavy atom. The van der Waals surface area contributed by atoms with Crippen molar-refractivity contribution in [3.05, 3.63) is 71.8 Å². The molecule has 2 rings (SSSR count). The van der Waals surface area contributed by atoms with E-state index in [1.54, 1.807) is 4.90 Å². The van der Waals surface area contributed by atoms with Crippen LogP contribution in [-0.4, -0.2) is 46.9 Å². The van der Waals surface area contributed by atoms with Crippen molar-refractivity contribution in [2.45, 2.75) is 65.3 Å². The Hall–Kier alpha value is -2.37. The van der Waals surface area contributed by atoms with Crippen molar-refractivity contribution in [1.29, 1.82) is 0 Å². The number of aliphatic hydroxyl groups excluding tert-OH is 1. The topological polar surface area (TPSA) is 61.8 Å². The Balaban J connectivity index is 2.33. The molecule has 2 aromatic carbocycles. The van der Waals surface area contributed by atoms with Gasteiger partial charge in [0.05, 0.1) is 12.1 Å². The minimum absolute atomic E-state index is 0.370. The van der Waals surface area contributed by atoms with Gasteiger partial charge in [0, 0.05) is 13.1 Å². The number of amides is 1. The molecule has 31 heavy (non-hydrogen) atoms. The quantitative estimate of drug-likeness (QED) is 0.581. The van der Waals surface area contributed by atoms with Crippen molar-refractivity contribution >= 4 is 6.09 Å². The third-order valence-corrected chi connectivity index (χ3v) is 4.86. The molecule has 0 aromatic heterocycles. The standard InChI is InChI=1S/C26H38N2O3/c1-20(2)17-27-18-24(29)23(16-21-12-8-6-9-13-21)28(25(30)31-26(3,4)5)19-22-14-10-7-11-15-22/h6-15,20,23-24,27,29H,16-19H2,1-5H3/t23-,24-/m0/s1. The van der Waals surface area contributed by atoms with E-state index in [0.717, 1.165) is 17.7 Å². The predicted molar refractivity (Wildman–Crippen MR) is 126 cm³/mol. The molecular formula is C26H38N2O3. The number of aliphatic hydroxyl groups is 1. The van der Waals surface area contributed by atoms with Gasteiger partial charge in [0.2, 0.25) is 0 Å². The fourth-order valence-corrected chi connectivity index (χ4v) is 3.38. The zero-order valence-corrected chi connectivity index (χ0v) is 19.5. The monoisotopic (exact) mass is 426 g/mol. The first-order valence-electron chi connectivity index (χ1n) is 11.1. The second-order valence-electron chi connectivity index (χ2n) is 9.47. The van der Waals surface area contributed by atoms with Crippen molar-refractivity contribution in [3.63, 3.8) is 0 Å². The zero-order chi connectivity index (χ0) is 22.9. The number of benzene rings is 2. The van der Waals surface area contributed by atoms with E-state index < -0.39 is 23.8 Å². The first-order valence-corrected chi connectivity index (χ1v) is 11.1. The molecule has 0 aliphatic carbocycles. The molecule has 5 nitrogen and oxygen atoms in total. The first kappa shape index (κ1) is 24.9. The fraction of sp³-hybridized carbons (Fsp3) is 0.500. The Labute approximate surface area is 187 Å². The normalized spacial score (nSPS) is 13.6. The van der Waals surface area contributed by atoms with Crippen LogP contribution >= 0.6 is 0 Å². The fourth-order valence-electron chi connectivity index (χ4n) is 3.38. The average Bonchev–Trinajstić information content (AvgIpc) is 2.70. The van der Waals surface area contributed by atoms with Crippen LogP contribution in [0.3, 0.4) is 0 Å². The highest BCUT2D eigenvalue weighted by molar-refractivity contribution is 5.69. The average molecular weight is 427 g/mol. The molecule has 5 heteroatoms. The molecule has 170 valence electrons. The highest BCUT2D eigenvalue weighted by atomic mass is 16.6. The Kier molecular flexibility index (Phi) is 9.53. The van der Waals surface area contributed by atoms with Crippen LogP contribution in [0.5, 0.6) is 0 Å². The summed E-state index contributed by atoms with van der Waals surface area (Å²) in [4.78, 5) is 14.9. The molecule has 1 amide bonds. The van der Waals surface area contributed by atoms with Crippen molar-refractivity contribution in [2.75, 3.05) is 13.1 Å². The summed E-state index contributed by atoms with van der Waals surface area (Å²) in [6.07, 6.45) is -0.618. The number of carbonyl (C=O) groups excluding carboxylic acids is 1. The molecule has 2 N–H and O–H groups in total. The van der Waals surface area contributed by atoms with E-state index in [1.807, 2.05) is 81.4 Å². The molecule has 0 fully saturated rings. The van der Waals surface area contributed by atoms with Gasteiger partial charge in [-0.1, -0.05) is 74.5 Å². The lowest BCUT2D eigenvalue weighted by molar-refractivity contribution is -0.00854. The summed E-state index contributed by atoms with van der Waals surface area (Å²) in [5, 5.41) is 14.5. The van der Waals surface area contributed by atoms with Gasteiger partial charge in [-0.05, 0) is 50.8 Å². The summed E-state index contributed by atoms with van der Waals surface area (Å²) in [6, 6.07) is 19.4. The number of hydrogen-bond acceptors (Lipinski definition) is 4. The summed E-state index contributed by atoms with van der Waals surface area (Å²) in [6.45, 7) is 11.4. The third-order valence-electron chi connectivity index (χ3n) is 4.86. The Morgan fingerprint density at radius 2 is 1.52 bits per heavy atom. The van der Waals surface area contributed by atoms with Crippen LogP contribution in [0.4, 0.5) is 4.79 Å². The van der Waals surface area contributed by atoms with Crippen LogP contribution in [0.15, 0.2) is 60.7 Å². The summed E-state index contributed by atoms with van der Waals surface area (Å²) in [5.74, 6) is 0.478. The number of rotatable bonds is 10. The van der Waals surface area contributed by atoms with Gasteiger partial charge in [-0.2, -0.15) is 0 Å². The van der Waals surface area contributed by atoms with Crippen LogP contribution in [-0.2, 0) is 17.7 Å². The van der Waals surface area contributed by atoms with Gasteiger partial charge in [-0.15, -0.1) is 0 Å².